The minimum absolute atomic E-state index is 1.13. The van der Waals surface area contributed by atoms with Crippen LogP contribution in [0.3, 0.4) is 0 Å². The maximum Gasteiger partial charge on any atom is 0.212 e. The van der Waals surface area contributed by atoms with Gasteiger partial charge in [-0.05, 0) is 25.0 Å². The second-order valence-corrected chi connectivity index (χ2v) is 4.42. The van der Waals surface area contributed by atoms with Gasteiger partial charge in [0.25, 0.3) is 0 Å². The molecule has 0 N–H and O–H groups in total. The van der Waals surface area contributed by atoms with Crippen LogP contribution in [0.4, 0.5) is 0 Å². The van der Waals surface area contributed by atoms with E-state index in [9.17, 15) is 0 Å². The van der Waals surface area contributed by atoms with Crippen LogP contribution in [0.15, 0.2) is 36.5 Å². The third-order valence-electron chi connectivity index (χ3n) is 3.15. The lowest BCUT2D eigenvalue weighted by molar-refractivity contribution is -0.671. The Balaban J connectivity index is 2.35. The van der Waals surface area contributed by atoms with Gasteiger partial charge in [0.2, 0.25) is 5.52 Å². The average molecular weight is 214 g/mol. The molecule has 0 unspecified atom stereocenters. The number of aryl methyl sites for hydroxylation is 2. The minimum atomic E-state index is 1.13. The van der Waals surface area contributed by atoms with Crippen molar-refractivity contribution in [2.45, 2.75) is 39.7 Å². The summed E-state index contributed by atoms with van der Waals surface area (Å²) in [7, 11) is 0. The van der Waals surface area contributed by atoms with Crippen LogP contribution >= 0.6 is 0 Å². The lowest BCUT2D eigenvalue weighted by Crippen LogP contribution is -2.34. The molecule has 2 rings (SSSR count). The Bertz CT molecular complexity index is 474. The second kappa shape index (κ2) is 5.11. The molecular formula is C15H20N+. The molecule has 0 radical (unpaired) electrons. The first-order valence-electron chi connectivity index (χ1n) is 6.20. The summed E-state index contributed by atoms with van der Waals surface area (Å²) in [6.45, 7) is 5.56. The van der Waals surface area contributed by atoms with Gasteiger partial charge in [0.05, 0.1) is 0 Å². The standard InChI is InChI=1S/C15H20N/c1-3-4-7-11-16-12-10-13(2)14-8-5-6-9-15(14)16/h5-6,8-10,12H,3-4,7,11H2,1-2H3/q+1. The zero-order valence-electron chi connectivity index (χ0n) is 10.2. The van der Waals surface area contributed by atoms with Gasteiger partial charge in [-0.3, -0.25) is 0 Å². The third kappa shape index (κ3) is 2.24. The number of rotatable bonds is 4. The Kier molecular flexibility index (Phi) is 3.55. The molecule has 1 nitrogen and oxygen atoms in total. The average Bonchev–Trinajstić information content (AvgIpc) is 2.33. The zero-order valence-corrected chi connectivity index (χ0v) is 10.2. The molecule has 0 aliphatic rings. The molecule has 1 heteroatoms. The summed E-state index contributed by atoms with van der Waals surface area (Å²) in [4.78, 5) is 0. The summed E-state index contributed by atoms with van der Waals surface area (Å²) < 4.78 is 2.37. The van der Waals surface area contributed by atoms with Crippen LogP contribution in [-0.2, 0) is 6.54 Å². The van der Waals surface area contributed by atoms with E-state index in [2.05, 4.69) is 54.9 Å². The van der Waals surface area contributed by atoms with Gasteiger partial charge < -0.3 is 0 Å². The van der Waals surface area contributed by atoms with Gasteiger partial charge in [-0.15, -0.1) is 0 Å². The van der Waals surface area contributed by atoms with Gasteiger partial charge in [0, 0.05) is 23.9 Å². The Morgan fingerprint density at radius 3 is 2.69 bits per heavy atom. The maximum absolute atomic E-state index is 2.37. The SMILES string of the molecule is CCCCC[n+]1ccc(C)c2ccccc21. The topological polar surface area (TPSA) is 3.88 Å². The number of para-hydroxylation sites is 1. The summed E-state index contributed by atoms with van der Waals surface area (Å²) in [5, 5.41) is 1.38. The molecular weight excluding hydrogens is 194 g/mol. The summed E-state index contributed by atoms with van der Waals surface area (Å²) in [5.74, 6) is 0. The number of hydrogen-bond acceptors (Lipinski definition) is 0. The number of hydrogen-bond donors (Lipinski definition) is 0. The van der Waals surface area contributed by atoms with E-state index < -0.39 is 0 Å². The smallest absolute Gasteiger partial charge is 0.198 e. The van der Waals surface area contributed by atoms with Gasteiger partial charge >= 0.3 is 0 Å². The highest BCUT2D eigenvalue weighted by Crippen LogP contribution is 2.13. The summed E-state index contributed by atoms with van der Waals surface area (Å²) in [5.41, 5.74) is 2.72. The van der Waals surface area contributed by atoms with Crippen LogP contribution in [-0.4, -0.2) is 0 Å². The van der Waals surface area contributed by atoms with Gasteiger partial charge in [0.15, 0.2) is 6.20 Å². The zero-order chi connectivity index (χ0) is 11.4. The number of unbranched alkanes of at least 4 members (excludes halogenated alkanes) is 2. The van der Waals surface area contributed by atoms with Crippen LogP contribution in [0.5, 0.6) is 0 Å². The maximum atomic E-state index is 2.37. The van der Waals surface area contributed by atoms with Crippen molar-refractivity contribution in [1.29, 1.82) is 0 Å². The summed E-state index contributed by atoms with van der Waals surface area (Å²) >= 11 is 0. The molecule has 16 heavy (non-hydrogen) atoms. The lowest BCUT2D eigenvalue weighted by Gasteiger charge is -2.03. The number of aromatic nitrogens is 1. The molecule has 0 aliphatic heterocycles. The van der Waals surface area contributed by atoms with E-state index in [1.165, 1.54) is 35.7 Å². The molecule has 0 saturated heterocycles. The van der Waals surface area contributed by atoms with Crippen LogP contribution in [0, 0.1) is 6.92 Å². The molecule has 0 fully saturated rings. The highest BCUT2D eigenvalue weighted by atomic mass is 14.9. The van der Waals surface area contributed by atoms with E-state index >= 15 is 0 Å². The molecule has 0 aliphatic carbocycles. The molecule has 2 aromatic rings. The van der Waals surface area contributed by atoms with Gasteiger partial charge in [-0.25, -0.2) is 0 Å². The van der Waals surface area contributed by atoms with Gasteiger partial charge in [-0.2, -0.15) is 4.57 Å². The van der Waals surface area contributed by atoms with Crippen LogP contribution in [0.2, 0.25) is 0 Å². The Morgan fingerprint density at radius 2 is 1.88 bits per heavy atom. The van der Waals surface area contributed by atoms with Crippen LogP contribution < -0.4 is 4.57 Å². The number of nitrogens with zero attached hydrogens (tertiary/aromatic N) is 1. The van der Waals surface area contributed by atoms with Crippen molar-refractivity contribution in [3.05, 3.63) is 42.1 Å². The van der Waals surface area contributed by atoms with E-state index in [1.807, 2.05) is 0 Å². The van der Waals surface area contributed by atoms with E-state index in [1.54, 1.807) is 0 Å². The predicted molar refractivity (Wildman–Crippen MR) is 68.4 cm³/mol. The van der Waals surface area contributed by atoms with E-state index in [4.69, 9.17) is 0 Å². The Labute approximate surface area is 97.7 Å². The van der Waals surface area contributed by atoms with E-state index in [-0.39, 0.29) is 0 Å². The number of fused-ring (bicyclic) bond motifs is 1. The molecule has 1 heterocycles. The fraction of sp³-hybridized carbons (Fsp3) is 0.400. The first kappa shape index (κ1) is 11.1. The van der Waals surface area contributed by atoms with Crippen LogP contribution in [0.1, 0.15) is 31.7 Å². The molecule has 1 aromatic carbocycles. The van der Waals surface area contributed by atoms with Gasteiger partial charge in [0.1, 0.15) is 6.54 Å². The predicted octanol–water partition coefficient (Wildman–Crippen LogP) is 3.63. The summed E-state index contributed by atoms with van der Waals surface area (Å²) in [6, 6.07) is 10.9. The Hall–Kier alpha value is -1.37. The van der Waals surface area contributed by atoms with Crippen molar-refractivity contribution in [2.75, 3.05) is 0 Å². The molecule has 1 aromatic heterocycles. The van der Waals surface area contributed by atoms with Crippen molar-refractivity contribution < 1.29 is 4.57 Å². The first-order chi connectivity index (χ1) is 7.83. The largest absolute Gasteiger partial charge is 0.212 e. The van der Waals surface area contributed by atoms with E-state index in [0.29, 0.717) is 0 Å². The van der Waals surface area contributed by atoms with Crippen molar-refractivity contribution in [3.8, 4) is 0 Å². The molecule has 0 amide bonds. The molecule has 0 spiro atoms. The molecule has 84 valence electrons. The highest BCUT2D eigenvalue weighted by molar-refractivity contribution is 5.78. The summed E-state index contributed by atoms with van der Waals surface area (Å²) in [6.07, 6.45) is 6.08. The molecule has 0 saturated carbocycles. The lowest BCUT2D eigenvalue weighted by atomic mass is 10.1. The van der Waals surface area contributed by atoms with Crippen molar-refractivity contribution in [3.63, 3.8) is 0 Å². The van der Waals surface area contributed by atoms with Gasteiger partial charge in [-0.1, -0.05) is 25.5 Å². The monoisotopic (exact) mass is 214 g/mol. The number of pyridine rings is 1. The molecule has 0 bridgehead atoms. The van der Waals surface area contributed by atoms with Crippen LogP contribution in [0.25, 0.3) is 10.9 Å². The minimum Gasteiger partial charge on any atom is -0.198 e. The fourth-order valence-corrected chi connectivity index (χ4v) is 2.16. The first-order valence-corrected chi connectivity index (χ1v) is 6.20. The Morgan fingerprint density at radius 1 is 1.06 bits per heavy atom. The van der Waals surface area contributed by atoms with Crippen molar-refractivity contribution in [1.82, 2.24) is 0 Å². The normalized spacial score (nSPS) is 10.9. The fourth-order valence-electron chi connectivity index (χ4n) is 2.16. The van der Waals surface area contributed by atoms with E-state index in [0.717, 1.165) is 6.54 Å². The van der Waals surface area contributed by atoms with Crippen molar-refractivity contribution >= 4 is 10.9 Å². The van der Waals surface area contributed by atoms with Crippen molar-refractivity contribution in [2.24, 2.45) is 0 Å². The molecule has 0 atom stereocenters. The quantitative estimate of drug-likeness (QED) is 0.540. The highest BCUT2D eigenvalue weighted by Gasteiger charge is 2.08. The third-order valence-corrected chi connectivity index (χ3v) is 3.15. The number of benzene rings is 1. The second-order valence-electron chi connectivity index (χ2n) is 4.42.